The maximum atomic E-state index is 13.5. The number of amides is 1. The van der Waals surface area contributed by atoms with Gasteiger partial charge in [0.1, 0.15) is 5.75 Å². The van der Waals surface area contributed by atoms with Crippen molar-refractivity contribution >= 4 is 38.1 Å². The van der Waals surface area contributed by atoms with E-state index < -0.39 is 22.5 Å². The van der Waals surface area contributed by atoms with Crippen molar-refractivity contribution in [1.82, 2.24) is 14.3 Å². The Morgan fingerprint density at radius 1 is 1.03 bits per heavy atom. The molecule has 8 nitrogen and oxygen atoms in total. The molecule has 0 spiro atoms. The summed E-state index contributed by atoms with van der Waals surface area (Å²) in [5, 5.41) is 4.12. The van der Waals surface area contributed by atoms with Crippen molar-refractivity contribution < 1.29 is 17.9 Å². The Balaban J connectivity index is 1.51. The summed E-state index contributed by atoms with van der Waals surface area (Å²) in [4.78, 5) is 12.9. The number of methoxy groups -OCH3 is 1. The first-order chi connectivity index (χ1) is 18.7. The Hall–Kier alpha value is -3.73. The highest BCUT2D eigenvalue weighted by molar-refractivity contribution is 9.10. The lowest BCUT2D eigenvalue weighted by Crippen LogP contribution is -2.39. The van der Waals surface area contributed by atoms with E-state index in [2.05, 4.69) is 31.0 Å². The zero-order valence-corrected chi connectivity index (χ0v) is 24.2. The highest BCUT2D eigenvalue weighted by Gasteiger charge is 2.27. The molecule has 10 heteroatoms. The molecule has 4 rings (SSSR count). The molecule has 0 aliphatic carbocycles. The lowest BCUT2D eigenvalue weighted by atomic mass is 10.2. The number of nitrogens with one attached hydrogen (secondary N) is 1. The van der Waals surface area contributed by atoms with Gasteiger partial charge in [-0.25, -0.2) is 13.8 Å². The quantitative estimate of drug-likeness (QED) is 0.198. The van der Waals surface area contributed by atoms with Gasteiger partial charge in [-0.3, -0.25) is 4.79 Å². The van der Waals surface area contributed by atoms with E-state index in [1.54, 1.807) is 18.3 Å². The summed E-state index contributed by atoms with van der Waals surface area (Å²) in [5.41, 5.74) is 7.06. The van der Waals surface area contributed by atoms with Crippen molar-refractivity contribution in [3.63, 3.8) is 0 Å². The normalized spacial score (nSPS) is 11.7. The third-order valence-corrected chi connectivity index (χ3v) is 8.50. The fourth-order valence-corrected chi connectivity index (χ4v) is 5.83. The van der Waals surface area contributed by atoms with Crippen LogP contribution in [0.3, 0.4) is 0 Å². The number of sulfonamides is 1. The van der Waals surface area contributed by atoms with Gasteiger partial charge in [0.15, 0.2) is 0 Å². The Kier molecular flexibility index (Phi) is 9.01. The van der Waals surface area contributed by atoms with Crippen molar-refractivity contribution in [1.29, 1.82) is 0 Å². The van der Waals surface area contributed by atoms with E-state index in [-0.39, 0.29) is 11.4 Å². The molecule has 0 bridgehead atoms. The lowest BCUT2D eigenvalue weighted by Gasteiger charge is -2.21. The van der Waals surface area contributed by atoms with Gasteiger partial charge in [0, 0.05) is 33.7 Å². The minimum atomic E-state index is -3.98. The molecule has 1 N–H and O–H groups in total. The monoisotopic (exact) mass is 608 g/mol. The second-order valence-electron chi connectivity index (χ2n) is 8.87. The average molecular weight is 610 g/mol. The number of rotatable bonds is 10. The molecule has 0 saturated carbocycles. The van der Waals surface area contributed by atoms with Crippen LogP contribution < -0.4 is 10.2 Å². The molecule has 0 aliphatic rings. The molecule has 4 aromatic rings. The summed E-state index contributed by atoms with van der Waals surface area (Å²) >= 11 is 3.46. The van der Waals surface area contributed by atoms with E-state index in [0.717, 1.165) is 37.0 Å². The van der Waals surface area contributed by atoms with Gasteiger partial charge in [0.05, 0.1) is 24.8 Å². The van der Waals surface area contributed by atoms with Crippen molar-refractivity contribution in [3.05, 3.63) is 112 Å². The van der Waals surface area contributed by atoms with Crippen LogP contribution in [0.5, 0.6) is 5.75 Å². The van der Waals surface area contributed by atoms with Gasteiger partial charge < -0.3 is 9.30 Å². The fraction of sp³-hybridized carbons (Fsp3) is 0.172. The lowest BCUT2D eigenvalue weighted by molar-refractivity contribution is -0.121. The molecule has 0 fully saturated rings. The minimum absolute atomic E-state index is 0.0285. The largest absolute Gasteiger partial charge is 0.497 e. The van der Waals surface area contributed by atoms with E-state index in [1.165, 1.54) is 19.2 Å². The highest BCUT2D eigenvalue weighted by Crippen LogP contribution is 2.23. The van der Waals surface area contributed by atoms with Gasteiger partial charge in [-0.2, -0.15) is 9.41 Å². The molecule has 1 amide bonds. The average Bonchev–Trinajstić information content (AvgIpc) is 3.22. The molecule has 0 saturated heterocycles. The predicted molar refractivity (Wildman–Crippen MR) is 156 cm³/mol. The van der Waals surface area contributed by atoms with Crippen LogP contribution in [-0.4, -0.2) is 43.1 Å². The summed E-state index contributed by atoms with van der Waals surface area (Å²) in [7, 11) is -2.47. The maximum absolute atomic E-state index is 13.5. The first-order valence-electron chi connectivity index (χ1n) is 12.1. The highest BCUT2D eigenvalue weighted by atomic mass is 79.9. The van der Waals surface area contributed by atoms with Crippen molar-refractivity contribution in [2.75, 3.05) is 13.7 Å². The van der Waals surface area contributed by atoms with Gasteiger partial charge in [-0.15, -0.1) is 0 Å². The maximum Gasteiger partial charge on any atom is 0.255 e. The van der Waals surface area contributed by atoms with Crippen LogP contribution in [0, 0.1) is 13.8 Å². The number of aromatic nitrogens is 1. The third kappa shape index (κ3) is 6.83. The number of ether oxygens (including phenoxy) is 1. The van der Waals surface area contributed by atoms with Crippen LogP contribution in [-0.2, 0) is 21.4 Å². The number of hydrogen-bond acceptors (Lipinski definition) is 5. The van der Waals surface area contributed by atoms with Crippen LogP contribution in [0.1, 0.15) is 22.5 Å². The molecule has 0 radical (unpaired) electrons. The summed E-state index contributed by atoms with van der Waals surface area (Å²) in [6, 6.07) is 25.1. The van der Waals surface area contributed by atoms with Crippen LogP contribution in [0.15, 0.2) is 99.4 Å². The number of carbonyl (C=O) groups excluding carboxylic acids is 1. The number of aryl methyl sites for hydroxylation is 1. The van der Waals surface area contributed by atoms with E-state index in [1.807, 2.05) is 74.5 Å². The number of nitrogens with zero attached hydrogens (tertiary/aromatic N) is 3. The molecule has 0 atom stereocenters. The zero-order valence-electron chi connectivity index (χ0n) is 21.8. The molecule has 0 aliphatic heterocycles. The number of hydrazone groups is 1. The molecule has 39 heavy (non-hydrogen) atoms. The fourth-order valence-electron chi connectivity index (χ4n) is 4.18. The first kappa shape index (κ1) is 28.3. The molecular formula is C29H29BrN4O4S. The van der Waals surface area contributed by atoms with Gasteiger partial charge in [-0.05, 0) is 74.0 Å². The molecule has 1 aromatic heterocycles. The van der Waals surface area contributed by atoms with E-state index in [4.69, 9.17) is 4.74 Å². The second kappa shape index (κ2) is 12.4. The van der Waals surface area contributed by atoms with E-state index in [9.17, 15) is 13.2 Å². The second-order valence-corrected chi connectivity index (χ2v) is 11.7. The summed E-state index contributed by atoms with van der Waals surface area (Å²) in [5.74, 6) is -0.0175. The van der Waals surface area contributed by atoms with Crippen LogP contribution in [0.4, 0.5) is 0 Å². The number of halogens is 1. The third-order valence-electron chi connectivity index (χ3n) is 6.17. The van der Waals surface area contributed by atoms with Crippen molar-refractivity contribution in [2.45, 2.75) is 25.3 Å². The van der Waals surface area contributed by atoms with E-state index >= 15 is 0 Å². The summed E-state index contributed by atoms with van der Waals surface area (Å²) < 4.78 is 36.3. The molecule has 0 unspecified atom stereocenters. The Morgan fingerprint density at radius 3 is 2.33 bits per heavy atom. The number of benzene rings is 3. The van der Waals surface area contributed by atoms with Crippen LogP contribution in [0.2, 0.25) is 0 Å². The summed E-state index contributed by atoms with van der Waals surface area (Å²) in [6.45, 7) is 3.59. The van der Waals surface area contributed by atoms with Crippen molar-refractivity contribution in [2.24, 2.45) is 5.10 Å². The zero-order chi connectivity index (χ0) is 28.0. The van der Waals surface area contributed by atoms with Crippen molar-refractivity contribution in [3.8, 4) is 11.4 Å². The Bertz CT molecular complexity index is 1570. The smallest absolute Gasteiger partial charge is 0.255 e. The Morgan fingerprint density at radius 2 is 1.69 bits per heavy atom. The van der Waals surface area contributed by atoms with Gasteiger partial charge in [0.2, 0.25) is 10.0 Å². The first-order valence-corrected chi connectivity index (χ1v) is 14.4. The predicted octanol–water partition coefficient (Wildman–Crippen LogP) is 5.21. The van der Waals surface area contributed by atoms with E-state index in [0.29, 0.717) is 5.75 Å². The standard InChI is InChI=1S/C29H29BrN4O4S/c1-21-17-24(22(2)34(21)26-11-9-25(30)10-12-26)18-31-32-29(35)20-33(19-23-7-5-4-6-8-23)39(36,37)28-15-13-27(38-3)14-16-28/h4-18H,19-20H2,1-3H3,(H,32,35)/b31-18+. The van der Waals surface area contributed by atoms with Gasteiger partial charge in [-0.1, -0.05) is 46.3 Å². The minimum Gasteiger partial charge on any atom is -0.497 e. The molecule has 1 heterocycles. The van der Waals surface area contributed by atoms with Gasteiger partial charge in [0.25, 0.3) is 5.91 Å². The van der Waals surface area contributed by atoms with Crippen LogP contribution in [0.25, 0.3) is 5.69 Å². The molecule has 3 aromatic carbocycles. The van der Waals surface area contributed by atoms with Crippen LogP contribution >= 0.6 is 15.9 Å². The molecule has 202 valence electrons. The Labute approximate surface area is 237 Å². The SMILES string of the molecule is COc1ccc(S(=O)(=O)N(CC(=O)N/N=C/c2cc(C)n(-c3ccc(Br)cc3)c2C)Cc2ccccc2)cc1. The number of hydrogen-bond donors (Lipinski definition) is 1. The molecular weight excluding hydrogens is 580 g/mol. The summed E-state index contributed by atoms with van der Waals surface area (Å²) in [6.07, 6.45) is 1.56. The van der Waals surface area contributed by atoms with Gasteiger partial charge >= 0.3 is 0 Å². The number of carbonyl (C=O) groups is 1. The topological polar surface area (TPSA) is 93.0 Å².